The maximum atomic E-state index is 4.25. The van der Waals surface area contributed by atoms with E-state index in [1.807, 2.05) is 12.4 Å². The zero-order chi connectivity index (χ0) is 15.0. The van der Waals surface area contributed by atoms with Gasteiger partial charge in [0.2, 0.25) is 0 Å². The van der Waals surface area contributed by atoms with E-state index in [0.29, 0.717) is 0 Å². The molecule has 0 saturated carbocycles. The van der Waals surface area contributed by atoms with E-state index in [1.54, 1.807) is 0 Å². The van der Waals surface area contributed by atoms with Gasteiger partial charge in [0.15, 0.2) is 0 Å². The molecule has 0 unspecified atom stereocenters. The number of hydrogen-bond donors (Lipinski definition) is 1. The zero-order valence-electron chi connectivity index (χ0n) is 12.3. The lowest BCUT2D eigenvalue weighted by atomic mass is 9.93. The van der Waals surface area contributed by atoms with Gasteiger partial charge < -0.3 is 4.98 Å². The summed E-state index contributed by atoms with van der Waals surface area (Å²) in [5.74, 6) is 0. The number of hydrogen-bond acceptors (Lipinski definition) is 1. The third-order valence-corrected chi connectivity index (χ3v) is 5.02. The molecule has 2 nitrogen and oxygen atoms in total. The summed E-state index contributed by atoms with van der Waals surface area (Å²) in [5, 5.41) is 10.4. The van der Waals surface area contributed by atoms with Gasteiger partial charge in [0, 0.05) is 22.4 Å². The lowest BCUT2D eigenvalue weighted by molar-refractivity contribution is 1.35. The molecule has 106 valence electrons. The van der Waals surface area contributed by atoms with Crippen molar-refractivity contribution >= 4 is 54.1 Å². The van der Waals surface area contributed by atoms with Crippen LogP contribution in [-0.2, 0) is 0 Å². The van der Waals surface area contributed by atoms with Crippen LogP contribution < -0.4 is 0 Å². The van der Waals surface area contributed by atoms with Crippen LogP contribution in [0.1, 0.15) is 0 Å². The quantitative estimate of drug-likeness (QED) is 0.362. The van der Waals surface area contributed by atoms with Gasteiger partial charge in [-0.25, -0.2) is 0 Å². The molecule has 0 fully saturated rings. The van der Waals surface area contributed by atoms with Gasteiger partial charge in [-0.05, 0) is 39.1 Å². The predicted molar refractivity (Wildman–Crippen MR) is 97.3 cm³/mol. The minimum Gasteiger partial charge on any atom is -0.353 e. The average molecular weight is 292 g/mol. The van der Waals surface area contributed by atoms with Crippen LogP contribution in [0.4, 0.5) is 0 Å². The van der Waals surface area contributed by atoms with Crippen LogP contribution in [0.15, 0.2) is 67.0 Å². The van der Waals surface area contributed by atoms with Crippen molar-refractivity contribution in [2.75, 3.05) is 0 Å². The molecule has 0 amide bonds. The van der Waals surface area contributed by atoms with Crippen LogP contribution in [0.2, 0.25) is 0 Å². The maximum Gasteiger partial charge on any atom is 0.0651 e. The van der Waals surface area contributed by atoms with Crippen LogP contribution in [0.25, 0.3) is 54.1 Å². The Kier molecular flexibility index (Phi) is 1.89. The Hall–Kier alpha value is -3.13. The number of nitrogens with one attached hydrogen (secondary N) is 1. The second kappa shape index (κ2) is 3.79. The topological polar surface area (TPSA) is 28.7 Å². The number of pyridine rings is 1. The molecule has 1 N–H and O–H groups in total. The second-order valence-electron chi connectivity index (χ2n) is 6.20. The summed E-state index contributed by atoms with van der Waals surface area (Å²) >= 11 is 0. The number of aromatic amines is 1. The Balaban J connectivity index is 2.01. The van der Waals surface area contributed by atoms with Gasteiger partial charge in [-0.3, -0.25) is 4.98 Å². The number of nitrogens with zero attached hydrogens (tertiary/aromatic N) is 1. The highest BCUT2D eigenvalue weighted by Gasteiger charge is 2.13. The van der Waals surface area contributed by atoms with E-state index in [-0.39, 0.29) is 0 Å². The van der Waals surface area contributed by atoms with Crippen LogP contribution in [0.5, 0.6) is 0 Å². The highest BCUT2D eigenvalue weighted by Crippen LogP contribution is 2.39. The highest BCUT2D eigenvalue weighted by molar-refractivity contribution is 6.30. The fourth-order valence-corrected chi connectivity index (χ4v) is 4.02. The summed E-state index contributed by atoms with van der Waals surface area (Å²) in [6.45, 7) is 0. The van der Waals surface area contributed by atoms with Crippen LogP contribution in [0, 0.1) is 0 Å². The number of fused-ring (bicyclic) bond motifs is 4. The Morgan fingerprint density at radius 3 is 2.43 bits per heavy atom. The van der Waals surface area contributed by atoms with Gasteiger partial charge in [-0.15, -0.1) is 0 Å². The van der Waals surface area contributed by atoms with Crippen molar-refractivity contribution in [2.24, 2.45) is 0 Å². The first kappa shape index (κ1) is 11.4. The Labute approximate surface area is 131 Å². The van der Waals surface area contributed by atoms with Crippen LogP contribution >= 0.6 is 0 Å². The van der Waals surface area contributed by atoms with E-state index in [1.165, 1.54) is 48.6 Å². The summed E-state index contributed by atoms with van der Waals surface area (Å²) in [4.78, 5) is 7.82. The Morgan fingerprint density at radius 2 is 1.52 bits per heavy atom. The molecule has 2 heteroatoms. The lowest BCUT2D eigenvalue weighted by Gasteiger charge is -2.11. The van der Waals surface area contributed by atoms with Gasteiger partial charge in [0.05, 0.1) is 17.2 Å². The Morgan fingerprint density at radius 1 is 0.696 bits per heavy atom. The summed E-state index contributed by atoms with van der Waals surface area (Å²) in [5.41, 5.74) is 2.30. The van der Waals surface area contributed by atoms with E-state index >= 15 is 0 Å². The maximum absolute atomic E-state index is 4.25. The van der Waals surface area contributed by atoms with Crippen molar-refractivity contribution in [1.29, 1.82) is 0 Å². The second-order valence-corrected chi connectivity index (χ2v) is 6.20. The minimum absolute atomic E-state index is 1.09. The lowest BCUT2D eigenvalue weighted by Crippen LogP contribution is -1.84. The molecular formula is C21H12N2. The first-order valence-corrected chi connectivity index (χ1v) is 7.82. The molecule has 23 heavy (non-hydrogen) atoms. The zero-order valence-corrected chi connectivity index (χ0v) is 12.3. The normalized spacial score (nSPS) is 12.3. The van der Waals surface area contributed by atoms with Crippen molar-refractivity contribution in [2.45, 2.75) is 0 Å². The number of aromatic nitrogens is 2. The molecule has 0 bridgehead atoms. The third-order valence-electron chi connectivity index (χ3n) is 5.02. The molecule has 6 aromatic rings. The average Bonchev–Trinajstić information content (AvgIpc) is 2.98. The molecule has 4 aromatic carbocycles. The SMILES string of the molecule is c1cc2ccc3cc4c5ccncc5[nH]c4c4ccc(c1)c2c34. The van der Waals surface area contributed by atoms with Gasteiger partial charge in [0.1, 0.15) is 0 Å². The standard InChI is InChI=1S/C21H12N2/c1-2-12-4-5-14-10-17-15-8-9-22-11-18(15)23-21(17)16-7-6-13(3-1)19(12)20(14)16/h1-11,23H. The van der Waals surface area contributed by atoms with E-state index in [2.05, 4.69) is 64.6 Å². The molecule has 0 spiro atoms. The monoisotopic (exact) mass is 292 g/mol. The summed E-state index contributed by atoms with van der Waals surface area (Å²) in [6.07, 6.45) is 3.77. The number of rotatable bonds is 0. The first-order valence-electron chi connectivity index (χ1n) is 7.82. The van der Waals surface area contributed by atoms with Crippen molar-refractivity contribution in [3.05, 3.63) is 67.0 Å². The van der Waals surface area contributed by atoms with Crippen LogP contribution in [0.3, 0.4) is 0 Å². The van der Waals surface area contributed by atoms with Gasteiger partial charge in [-0.2, -0.15) is 0 Å². The molecule has 2 aromatic heterocycles. The molecule has 0 aliphatic carbocycles. The molecule has 0 aliphatic heterocycles. The number of H-pyrrole nitrogens is 1. The molecule has 0 radical (unpaired) electrons. The van der Waals surface area contributed by atoms with Crippen LogP contribution in [-0.4, -0.2) is 9.97 Å². The van der Waals surface area contributed by atoms with Crippen molar-refractivity contribution in [1.82, 2.24) is 9.97 Å². The third kappa shape index (κ3) is 1.32. The van der Waals surface area contributed by atoms with E-state index in [0.717, 1.165) is 5.52 Å². The van der Waals surface area contributed by atoms with E-state index < -0.39 is 0 Å². The fourth-order valence-electron chi connectivity index (χ4n) is 4.02. The molecule has 2 heterocycles. The van der Waals surface area contributed by atoms with Gasteiger partial charge in [0.25, 0.3) is 0 Å². The summed E-state index contributed by atoms with van der Waals surface area (Å²) in [6, 6.07) is 19.9. The summed E-state index contributed by atoms with van der Waals surface area (Å²) < 4.78 is 0. The highest BCUT2D eigenvalue weighted by atomic mass is 14.7. The minimum atomic E-state index is 1.09. The molecule has 6 rings (SSSR count). The van der Waals surface area contributed by atoms with Crippen molar-refractivity contribution in [3.63, 3.8) is 0 Å². The van der Waals surface area contributed by atoms with E-state index in [4.69, 9.17) is 0 Å². The predicted octanol–water partition coefficient (Wildman–Crippen LogP) is 5.61. The first-order chi connectivity index (χ1) is 11.4. The Bertz CT molecular complexity index is 1340. The van der Waals surface area contributed by atoms with E-state index in [9.17, 15) is 0 Å². The largest absolute Gasteiger partial charge is 0.353 e. The molecular weight excluding hydrogens is 280 g/mol. The fraction of sp³-hybridized carbons (Fsp3) is 0. The van der Waals surface area contributed by atoms with Gasteiger partial charge in [-0.1, -0.05) is 42.5 Å². The summed E-state index contributed by atoms with van der Waals surface area (Å²) in [7, 11) is 0. The number of benzene rings is 4. The smallest absolute Gasteiger partial charge is 0.0651 e. The van der Waals surface area contributed by atoms with Gasteiger partial charge >= 0.3 is 0 Å². The van der Waals surface area contributed by atoms with Crippen molar-refractivity contribution in [3.8, 4) is 0 Å². The van der Waals surface area contributed by atoms with Crippen molar-refractivity contribution < 1.29 is 0 Å². The molecule has 0 saturated heterocycles. The molecule has 0 atom stereocenters. The molecule has 0 aliphatic rings.